The second-order valence-corrected chi connectivity index (χ2v) is 9.60. The number of rotatable bonds is 7. The van der Waals surface area contributed by atoms with Gasteiger partial charge in [0, 0.05) is 48.9 Å². The van der Waals surface area contributed by atoms with Crippen LogP contribution in [0.25, 0.3) is 22.0 Å². The number of H-pyrrole nitrogens is 1. The molecule has 6 rings (SSSR count). The second kappa shape index (κ2) is 10.4. The fraction of sp³-hybridized carbons (Fsp3) is 0.172. The fourth-order valence-corrected chi connectivity index (χ4v) is 4.64. The molecule has 0 saturated carbocycles. The summed E-state index contributed by atoms with van der Waals surface area (Å²) in [6, 6.07) is 16.6. The maximum Gasteiger partial charge on any atom is 0.276 e. The van der Waals surface area contributed by atoms with E-state index >= 15 is 0 Å². The van der Waals surface area contributed by atoms with Crippen molar-refractivity contribution in [1.29, 1.82) is 0 Å². The Hall–Kier alpha value is -4.77. The molecule has 0 aliphatic carbocycles. The van der Waals surface area contributed by atoms with Crippen LogP contribution in [0.5, 0.6) is 11.6 Å². The topological polar surface area (TPSA) is 96.0 Å². The Morgan fingerprint density at radius 3 is 2.70 bits per heavy atom. The number of pyridine rings is 2. The molecule has 0 radical (unpaired) electrons. The first-order chi connectivity index (χ1) is 19.3. The van der Waals surface area contributed by atoms with E-state index in [2.05, 4.69) is 25.5 Å². The summed E-state index contributed by atoms with van der Waals surface area (Å²) in [5.74, 6) is -3.39. The van der Waals surface area contributed by atoms with E-state index < -0.39 is 17.6 Å². The van der Waals surface area contributed by atoms with Crippen molar-refractivity contribution in [3.05, 3.63) is 96.3 Å². The van der Waals surface area contributed by atoms with Crippen molar-refractivity contribution in [1.82, 2.24) is 25.1 Å². The van der Waals surface area contributed by atoms with E-state index in [9.17, 15) is 18.0 Å². The van der Waals surface area contributed by atoms with Crippen molar-refractivity contribution in [3.8, 4) is 22.8 Å². The van der Waals surface area contributed by atoms with E-state index in [1.54, 1.807) is 35.5 Å². The monoisotopic (exact) mass is 544 g/mol. The van der Waals surface area contributed by atoms with E-state index in [0.717, 1.165) is 16.7 Å². The molecule has 0 atom stereocenters. The highest BCUT2D eigenvalue weighted by molar-refractivity contribution is 6.11. The van der Waals surface area contributed by atoms with Crippen LogP contribution >= 0.6 is 0 Å². The number of carbonyl (C=O) groups excluding carboxylic acids is 1. The molecule has 2 N–H and O–H groups in total. The first-order valence-corrected chi connectivity index (χ1v) is 12.6. The Morgan fingerprint density at radius 1 is 1.05 bits per heavy atom. The van der Waals surface area contributed by atoms with Crippen LogP contribution in [0.2, 0.25) is 0 Å². The molecule has 5 aromatic rings. The van der Waals surface area contributed by atoms with Crippen LogP contribution < -0.4 is 10.1 Å². The van der Waals surface area contributed by atoms with Crippen molar-refractivity contribution in [2.75, 3.05) is 18.4 Å². The number of aromatic nitrogens is 4. The standard InChI is InChI=1S/C29H23F3N6O2/c30-23-3-1-2-4-25(23)40-26-8-6-21(15-34-26)35-28(39)27-22-12-19(5-7-24(22)36-37-27)20-11-18(13-33-14-20)16-38-10-9-29(31,32)17-38/h1-8,11-15H,9-10,16-17H2,(H,35,39)(H,36,37). The van der Waals surface area contributed by atoms with E-state index in [0.29, 0.717) is 29.7 Å². The van der Waals surface area contributed by atoms with Gasteiger partial charge in [-0.15, -0.1) is 0 Å². The highest BCUT2D eigenvalue weighted by atomic mass is 19.3. The van der Waals surface area contributed by atoms with E-state index in [-0.39, 0.29) is 30.3 Å². The number of benzene rings is 2. The first kappa shape index (κ1) is 25.5. The summed E-state index contributed by atoms with van der Waals surface area (Å²) in [5, 5.41) is 10.4. The summed E-state index contributed by atoms with van der Waals surface area (Å²) < 4.78 is 46.5. The van der Waals surface area contributed by atoms with Gasteiger partial charge >= 0.3 is 0 Å². The molecule has 0 unspecified atom stereocenters. The molecule has 1 saturated heterocycles. The first-order valence-electron chi connectivity index (χ1n) is 12.6. The lowest BCUT2D eigenvalue weighted by molar-refractivity contribution is 0.0115. The van der Waals surface area contributed by atoms with Gasteiger partial charge in [-0.3, -0.25) is 19.8 Å². The van der Waals surface area contributed by atoms with Crippen LogP contribution in [0.3, 0.4) is 0 Å². The number of alkyl halides is 2. The van der Waals surface area contributed by atoms with Gasteiger partial charge < -0.3 is 10.1 Å². The Balaban J connectivity index is 1.18. The van der Waals surface area contributed by atoms with Crippen molar-refractivity contribution in [2.45, 2.75) is 18.9 Å². The zero-order valence-corrected chi connectivity index (χ0v) is 21.1. The van der Waals surface area contributed by atoms with Gasteiger partial charge in [0.25, 0.3) is 11.8 Å². The molecule has 202 valence electrons. The SMILES string of the molecule is O=C(Nc1ccc(Oc2ccccc2F)nc1)c1n[nH]c2ccc(-c3cncc(CN4CCC(F)(F)C4)c3)cc12. The van der Waals surface area contributed by atoms with Crippen LogP contribution in [0.1, 0.15) is 22.5 Å². The summed E-state index contributed by atoms with van der Waals surface area (Å²) in [6.07, 6.45) is 4.64. The number of halogens is 3. The molecule has 1 fully saturated rings. The average Bonchev–Trinajstić information content (AvgIpc) is 3.53. The summed E-state index contributed by atoms with van der Waals surface area (Å²) in [5.41, 5.74) is 3.70. The average molecular weight is 545 g/mol. The number of fused-ring (bicyclic) bond motifs is 1. The third kappa shape index (κ3) is 5.50. The largest absolute Gasteiger partial charge is 0.436 e. The lowest BCUT2D eigenvalue weighted by Gasteiger charge is -2.15. The number of anilines is 1. The Bertz CT molecular complexity index is 1690. The maximum absolute atomic E-state index is 13.8. The van der Waals surface area contributed by atoms with Gasteiger partial charge in [-0.1, -0.05) is 18.2 Å². The van der Waals surface area contributed by atoms with Gasteiger partial charge in [0.05, 0.1) is 23.9 Å². The number of aromatic amines is 1. The number of hydrogen-bond acceptors (Lipinski definition) is 6. The predicted molar refractivity (Wildman–Crippen MR) is 143 cm³/mol. The van der Waals surface area contributed by atoms with Crippen LogP contribution in [-0.2, 0) is 6.54 Å². The third-order valence-electron chi connectivity index (χ3n) is 6.61. The number of likely N-dealkylation sites (tertiary alicyclic amines) is 1. The van der Waals surface area contributed by atoms with Crippen LogP contribution in [0, 0.1) is 5.82 Å². The molecular formula is C29H23F3N6O2. The van der Waals surface area contributed by atoms with Crippen molar-refractivity contribution in [2.24, 2.45) is 0 Å². The van der Waals surface area contributed by atoms with Crippen molar-refractivity contribution in [3.63, 3.8) is 0 Å². The van der Waals surface area contributed by atoms with E-state index in [1.807, 2.05) is 24.3 Å². The molecule has 4 heterocycles. The molecule has 0 spiro atoms. The predicted octanol–water partition coefficient (Wildman–Crippen LogP) is 6.04. The van der Waals surface area contributed by atoms with Gasteiger partial charge in [0.15, 0.2) is 17.3 Å². The van der Waals surface area contributed by atoms with E-state index in [1.165, 1.54) is 24.4 Å². The van der Waals surface area contributed by atoms with Gasteiger partial charge in [-0.2, -0.15) is 5.10 Å². The Labute approximate surface area is 226 Å². The Kier molecular flexibility index (Phi) is 6.64. The summed E-state index contributed by atoms with van der Waals surface area (Å²) in [4.78, 5) is 23.2. The van der Waals surface area contributed by atoms with Crippen LogP contribution in [0.4, 0.5) is 18.9 Å². The highest BCUT2D eigenvalue weighted by Gasteiger charge is 2.37. The Morgan fingerprint density at radius 2 is 1.93 bits per heavy atom. The molecule has 1 aliphatic rings. The summed E-state index contributed by atoms with van der Waals surface area (Å²) in [7, 11) is 0. The van der Waals surface area contributed by atoms with Gasteiger partial charge in [0.1, 0.15) is 0 Å². The van der Waals surface area contributed by atoms with Crippen molar-refractivity contribution < 1.29 is 22.7 Å². The smallest absolute Gasteiger partial charge is 0.276 e. The quantitative estimate of drug-likeness (QED) is 0.259. The molecular weight excluding hydrogens is 521 g/mol. The molecule has 40 heavy (non-hydrogen) atoms. The summed E-state index contributed by atoms with van der Waals surface area (Å²) >= 11 is 0. The molecule has 2 aromatic carbocycles. The third-order valence-corrected chi connectivity index (χ3v) is 6.61. The summed E-state index contributed by atoms with van der Waals surface area (Å²) in [6.45, 7) is 0.469. The van der Waals surface area contributed by atoms with Crippen molar-refractivity contribution >= 4 is 22.5 Å². The number of ether oxygens (including phenoxy) is 1. The van der Waals surface area contributed by atoms with Crippen LogP contribution in [0.15, 0.2) is 79.3 Å². The number of hydrogen-bond donors (Lipinski definition) is 2. The number of nitrogens with zero attached hydrogens (tertiary/aromatic N) is 4. The number of amides is 1. The minimum Gasteiger partial charge on any atom is -0.436 e. The molecule has 8 nitrogen and oxygen atoms in total. The number of nitrogens with one attached hydrogen (secondary N) is 2. The van der Waals surface area contributed by atoms with E-state index in [4.69, 9.17) is 4.74 Å². The molecule has 1 amide bonds. The van der Waals surface area contributed by atoms with Gasteiger partial charge in [-0.25, -0.2) is 18.2 Å². The number of para-hydroxylation sites is 1. The molecule has 1 aliphatic heterocycles. The zero-order valence-electron chi connectivity index (χ0n) is 21.1. The fourth-order valence-electron chi connectivity index (χ4n) is 4.64. The molecule has 3 aromatic heterocycles. The minimum absolute atomic E-state index is 0.0453. The maximum atomic E-state index is 13.8. The van der Waals surface area contributed by atoms with Gasteiger partial charge in [-0.05, 0) is 47.5 Å². The normalized spacial score (nSPS) is 14.9. The number of carbonyl (C=O) groups is 1. The highest BCUT2D eigenvalue weighted by Crippen LogP contribution is 2.30. The second-order valence-electron chi connectivity index (χ2n) is 9.60. The van der Waals surface area contributed by atoms with Crippen LogP contribution in [-0.4, -0.2) is 50.0 Å². The lowest BCUT2D eigenvalue weighted by atomic mass is 10.0. The van der Waals surface area contributed by atoms with Gasteiger partial charge in [0.2, 0.25) is 5.88 Å². The lowest BCUT2D eigenvalue weighted by Crippen LogP contribution is -2.24. The molecule has 11 heteroatoms. The zero-order chi connectivity index (χ0) is 27.7. The molecule has 0 bridgehead atoms. The minimum atomic E-state index is -2.65.